The summed E-state index contributed by atoms with van der Waals surface area (Å²) in [6.07, 6.45) is 0. The van der Waals surface area contributed by atoms with E-state index in [9.17, 15) is 17.2 Å². The average Bonchev–Trinajstić information content (AvgIpc) is 2.27. The Morgan fingerprint density at radius 3 is 2.28 bits per heavy atom. The lowest BCUT2D eigenvalue weighted by molar-refractivity contribution is 0.550. The molecule has 0 spiro atoms. The van der Waals surface area contributed by atoms with Gasteiger partial charge >= 0.3 is 0 Å². The minimum Gasteiger partial charge on any atom is -0.309 e. The minimum atomic E-state index is -3.02. The third-order valence-corrected chi connectivity index (χ3v) is 4.39. The number of rotatable bonds is 6. The SMILES string of the molecule is CCS(=O)(=O)CCNC(C)c1cc(F)cc(F)c1. The summed E-state index contributed by atoms with van der Waals surface area (Å²) in [6, 6.07) is 2.96. The average molecular weight is 277 g/mol. The summed E-state index contributed by atoms with van der Waals surface area (Å²) in [5.41, 5.74) is 0.460. The molecule has 0 amide bonds. The van der Waals surface area contributed by atoms with E-state index in [2.05, 4.69) is 5.32 Å². The molecule has 1 N–H and O–H groups in total. The Bertz CT molecular complexity index is 483. The number of sulfone groups is 1. The summed E-state index contributed by atoms with van der Waals surface area (Å²) in [5, 5.41) is 2.93. The molecule has 1 unspecified atom stereocenters. The second kappa shape index (κ2) is 6.24. The highest BCUT2D eigenvalue weighted by molar-refractivity contribution is 7.91. The molecule has 1 aromatic carbocycles. The number of hydrogen-bond donors (Lipinski definition) is 1. The third kappa shape index (κ3) is 4.70. The van der Waals surface area contributed by atoms with E-state index in [0.717, 1.165) is 6.07 Å². The van der Waals surface area contributed by atoms with E-state index in [1.54, 1.807) is 13.8 Å². The zero-order valence-corrected chi connectivity index (χ0v) is 11.2. The Morgan fingerprint density at radius 1 is 1.22 bits per heavy atom. The summed E-state index contributed by atoms with van der Waals surface area (Å²) in [5.74, 6) is -1.16. The Kier molecular flexibility index (Phi) is 5.22. The van der Waals surface area contributed by atoms with E-state index < -0.39 is 21.5 Å². The van der Waals surface area contributed by atoms with Crippen LogP contribution < -0.4 is 5.32 Å². The lowest BCUT2D eigenvalue weighted by Crippen LogP contribution is -2.26. The molecule has 6 heteroatoms. The van der Waals surface area contributed by atoms with Crippen LogP contribution >= 0.6 is 0 Å². The third-order valence-electron chi connectivity index (χ3n) is 2.69. The van der Waals surface area contributed by atoms with Gasteiger partial charge in [0.05, 0.1) is 5.75 Å². The lowest BCUT2D eigenvalue weighted by atomic mass is 10.1. The number of benzene rings is 1. The molecule has 0 fully saturated rings. The van der Waals surface area contributed by atoms with Crippen LogP contribution in [0, 0.1) is 11.6 Å². The van der Waals surface area contributed by atoms with Crippen LogP contribution in [-0.2, 0) is 9.84 Å². The number of nitrogens with one attached hydrogen (secondary N) is 1. The van der Waals surface area contributed by atoms with Gasteiger partial charge in [0.15, 0.2) is 9.84 Å². The molecule has 0 aromatic heterocycles. The van der Waals surface area contributed by atoms with Crippen LogP contribution in [0.15, 0.2) is 18.2 Å². The van der Waals surface area contributed by atoms with E-state index in [1.807, 2.05) is 0 Å². The van der Waals surface area contributed by atoms with Gasteiger partial charge in [-0.1, -0.05) is 6.92 Å². The summed E-state index contributed by atoms with van der Waals surface area (Å²) in [4.78, 5) is 0. The first-order chi connectivity index (χ1) is 8.34. The van der Waals surface area contributed by atoms with Crippen molar-refractivity contribution in [2.45, 2.75) is 19.9 Å². The van der Waals surface area contributed by atoms with Gasteiger partial charge in [-0.3, -0.25) is 0 Å². The summed E-state index contributed by atoms with van der Waals surface area (Å²) >= 11 is 0. The van der Waals surface area contributed by atoms with Gasteiger partial charge in [0.25, 0.3) is 0 Å². The molecule has 0 aliphatic rings. The lowest BCUT2D eigenvalue weighted by Gasteiger charge is -2.14. The van der Waals surface area contributed by atoms with Crippen LogP contribution in [0.4, 0.5) is 8.78 Å². The van der Waals surface area contributed by atoms with Crippen molar-refractivity contribution >= 4 is 9.84 Å². The molecular formula is C12H17F2NO2S. The first-order valence-electron chi connectivity index (χ1n) is 5.74. The van der Waals surface area contributed by atoms with Crippen molar-refractivity contribution in [3.63, 3.8) is 0 Å². The highest BCUT2D eigenvalue weighted by Crippen LogP contribution is 2.15. The molecule has 0 saturated carbocycles. The first-order valence-corrected chi connectivity index (χ1v) is 7.56. The van der Waals surface area contributed by atoms with Crippen LogP contribution in [0.2, 0.25) is 0 Å². The van der Waals surface area contributed by atoms with Gasteiger partial charge in [-0.15, -0.1) is 0 Å². The maximum atomic E-state index is 13.0. The summed E-state index contributed by atoms with van der Waals surface area (Å²) < 4.78 is 48.5. The number of halogens is 2. The fourth-order valence-corrected chi connectivity index (χ4v) is 2.24. The van der Waals surface area contributed by atoms with Gasteiger partial charge in [-0.25, -0.2) is 17.2 Å². The summed E-state index contributed by atoms with van der Waals surface area (Å²) in [6.45, 7) is 3.57. The molecule has 1 rings (SSSR count). The molecule has 3 nitrogen and oxygen atoms in total. The normalized spacial score (nSPS) is 13.6. The Morgan fingerprint density at radius 2 is 1.78 bits per heavy atom. The van der Waals surface area contributed by atoms with Gasteiger partial charge in [0, 0.05) is 24.4 Å². The van der Waals surface area contributed by atoms with Crippen LogP contribution in [0.5, 0.6) is 0 Å². The van der Waals surface area contributed by atoms with E-state index in [-0.39, 0.29) is 24.1 Å². The molecule has 0 heterocycles. The van der Waals surface area contributed by atoms with E-state index in [1.165, 1.54) is 12.1 Å². The van der Waals surface area contributed by atoms with Crippen molar-refractivity contribution in [1.82, 2.24) is 5.32 Å². The predicted molar refractivity (Wildman–Crippen MR) is 67.1 cm³/mol. The van der Waals surface area contributed by atoms with Crippen molar-refractivity contribution in [3.05, 3.63) is 35.4 Å². The van der Waals surface area contributed by atoms with Gasteiger partial charge in [-0.2, -0.15) is 0 Å². The molecule has 0 aliphatic carbocycles. The van der Waals surface area contributed by atoms with Crippen LogP contribution in [0.3, 0.4) is 0 Å². The smallest absolute Gasteiger partial charge is 0.151 e. The van der Waals surface area contributed by atoms with E-state index in [0.29, 0.717) is 5.56 Å². The standard InChI is InChI=1S/C12H17F2NO2S/c1-3-18(16,17)5-4-15-9(2)10-6-11(13)8-12(14)7-10/h6-9,15H,3-5H2,1-2H3. The van der Waals surface area contributed by atoms with E-state index >= 15 is 0 Å². The monoisotopic (exact) mass is 277 g/mol. The van der Waals surface area contributed by atoms with Crippen molar-refractivity contribution < 1.29 is 17.2 Å². The first kappa shape index (κ1) is 15.0. The Hall–Kier alpha value is -1.01. The molecule has 0 bridgehead atoms. The zero-order chi connectivity index (χ0) is 13.8. The molecule has 102 valence electrons. The van der Waals surface area contributed by atoms with Crippen molar-refractivity contribution in [2.24, 2.45) is 0 Å². The summed E-state index contributed by atoms with van der Waals surface area (Å²) in [7, 11) is -3.02. The van der Waals surface area contributed by atoms with Crippen LogP contribution in [-0.4, -0.2) is 26.5 Å². The van der Waals surface area contributed by atoms with Gasteiger partial charge in [0.2, 0.25) is 0 Å². The predicted octanol–water partition coefficient (Wildman–Crippen LogP) is 2.05. The molecule has 0 radical (unpaired) electrons. The van der Waals surface area contributed by atoms with Gasteiger partial charge in [-0.05, 0) is 24.6 Å². The maximum Gasteiger partial charge on any atom is 0.151 e. The van der Waals surface area contributed by atoms with Crippen molar-refractivity contribution in [3.8, 4) is 0 Å². The molecular weight excluding hydrogens is 260 g/mol. The largest absolute Gasteiger partial charge is 0.309 e. The molecule has 0 saturated heterocycles. The Labute approximate surface area is 106 Å². The van der Waals surface area contributed by atoms with E-state index in [4.69, 9.17) is 0 Å². The van der Waals surface area contributed by atoms with Gasteiger partial charge in [0.1, 0.15) is 11.6 Å². The minimum absolute atomic E-state index is 0.0195. The highest BCUT2D eigenvalue weighted by atomic mass is 32.2. The highest BCUT2D eigenvalue weighted by Gasteiger charge is 2.11. The zero-order valence-electron chi connectivity index (χ0n) is 10.4. The number of hydrogen-bond acceptors (Lipinski definition) is 3. The molecule has 1 atom stereocenters. The maximum absolute atomic E-state index is 13.0. The van der Waals surface area contributed by atoms with Crippen molar-refractivity contribution in [1.29, 1.82) is 0 Å². The van der Waals surface area contributed by atoms with Crippen molar-refractivity contribution in [2.75, 3.05) is 18.1 Å². The quantitative estimate of drug-likeness (QED) is 0.865. The Balaban J connectivity index is 2.58. The topological polar surface area (TPSA) is 46.2 Å². The molecule has 18 heavy (non-hydrogen) atoms. The fourth-order valence-electron chi connectivity index (χ4n) is 1.52. The fraction of sp³-hybridized carbons (Fsp3) is 0.500. The second-order valence-electron chi connectivity index (χ2n) is 4.11. The second-order valence-corrected chi connectivity index (χ2v) is 6.59. The molecule has 1 aromatic rings. The van der Waals surface area contributed by atoms with Gasteiger partial charge < -0.3 is 5.32 Å². The van der Waals surface area contributed by atoms with Crippen LogP contribution in [0.25, 0.3) is 0 Å². The van der Waals surface area contributed by atoms with Crippen LogP contribution in [0.1, 0.15) is 25.5 Å². The molecule has 0 aliphatic heterocycles.